The maximum absolute atomic E-state index is 5.23. The van der Waals surface area contributed by atoms with E-state index < -0.39 is 0 Å². The molecule has 3 heteroatoms. The lowest BCUT2D eigenvalue weighted by molar-refractivity contribution is 0.386. The third kappa shape index (κ3) is 5.32. The third-order valence-electron chi connectivity index (χ3n) is 6.39. The van der Waals surface area contributed by atoms with Crippen molar-refractivity contribution in [2.75, 3.05) is 5.32 Å². The summed E-state index contributed by atoms with van der Waals surface area (Å²) in [5, 5.41) is 7.53. The van der Waals surface area contributed by atoms with Crippen molar-refractivity contribution in [3.63, 3.8) is 0 Å². The molecule has 1 fully saturated rings. The minimum Gasteiger partial charge on any atom is -0.382 e. The second kappa shape index (κ2) is 9.23. The number of para-hydroxylation sites is 1. The number of anilines is 1. The molecule has 1 aromatic heterocycles. The molecular formula is C29H39N3. The average molecular weight is 430 g/mol. The second-order valence-corrected chi connectivity index (χ2v) is 10.7. The van der Waals surface area contributed by atoms with Gasteiger partial charge in [-0.25, -0.2) is 0 Å². The highest BCUT2D eigenvalue weighted by Crippen LogP contribution is 2.45. The number of fused-ring (bicyclic) bond motifs is 1. The van der Waals surface area contributed by atoms with Gasteiger partial charge in [-0.15, -0.1) is 0 Å². The third-order valence-corrected chi connectivity index (χ3v) is 6.39. The monoisotopic (exact) mass is 429 g/mol. The van der Waals surface area contributed by atoms with Gasteiger partial charge in [-0.3, -0.25) is 4.98 Å². The quantitative estimate of drug-likeness (QED) is 0.493. The van der Waals surface area contributed by atoms with Gasteiger partial charge in [0.2, 0.25) is 0 Å². The molecule has 1 heterocycles. The van der Waals surface area contributed by atoms with Crippen molar-refractivity contribution in [1.82, 2.24) is 10.3 Å². The van der Waals surface area contributed by atoms with E-state index in [4.69, 9.17) is 4.98 Å². The summed E-state index contributed by atoms with van der Waals surface area (Å²) in [6.45, 7) is 13.3. The van der Waals surface area contributed by atoms with Crippen molar-refractivity contribution >= 4 is 5.69 Å². The van der Waals surface area contributed by atoms with Crippen LogP contribution in [0.2, 0.25) is 0 Å². The SMILES string of the molecule is CCc1cccc(-c2cccc(C(NC(C)(C)C)C3=CC[C@@H]4CC4C=C3)n2)c1NC(C)C. The average Bonchev–Trinajstić information content (AvgIpc) is 3.51. The van der Waals surface area contributed by atoms with Crippen LogP contribution in [-0.4, -0.2) is 16.6 Å². The maximum atomic E-state index is 5.23. The number of hydrogen-bond donors (Lipinski definition) is 2. The van der Waals surface area contributed by atoms with Gasteiger partial charge in [0.15, 0.2) is 0 Å². The molecule has 32 heavy (non-hydrogen) atoms. The molecule has 0 aliphatic heterocycles. The van der Waals surface area contributed by atoms with Crippen LogP contribution in [0.25, 0.3) is 11.3 Å². The summed E-state index contributed by atoms with van der Waals surface area (Å²) in [5.41, 5.74) is 7.17. The number of allylic oxidation sites excluding steroid dienone is 2. The van der Waals surface area contributed by atoms with Gasteiger partial charge in [0.25, 0.3) is 0 Å². The first kappa shape index (κ1) is 22.8. The molecule has 0 bridgehead atoms. The molecule has 0 saturated heterocycles. The Morgan fingerprint density at radius 1 is 1.09 bits per heavy atom. The van der Waals surface area contributed by atoms with Crippen molar-refractivity contribution in [1.29, 1.82) is 0 Å². The van der Waals surface area contributed by atoms with Gasteiger partial charge in [-0.1, -0.05) is 49.4 Å². The molecular weight excluding hydrogens is 390 g/mol. The van der Waals surface area contributed by atoms with Gasteiger partial charge < -0.3 is 10.6 Å². The molecule has 2 N–H and O–H groups in total. The maximum Gasteiger partial charge on any atom is 0.0752 e. The molecule has 0 radical (unpaired) electrons. The highest BCUT2D eigenvalue weighted by molar-refractivity contribution is 5.78. The number of nitrogens with zero attached hydrogens (tertiary/aromatic N) is 1. The first-order valence-electron chi connectivity index (χ1n) is 12.3. The van der Waals surface area contributed by atoms with Gasteiger partial charge in [-0.2, -0.15) is 0 Å². The van der Waals surface area contributed by atoms with Crippen LogP contribution in [0.15, 0.2) is 60.2 Å². The Morgan fingerprint density at radius 2 is 1.88 bits per heavy atom. The molecule has 2 aliphatic carbocycles. The van der Waals surface area contributed by atoms with E-state index in [-0.39, 0.29) is 11.6 Å². The van der Waals surface area contributed by atoms with Crippen molar-refractivity contribution < 1.29 is 0 Å². The van der Waals surface area contributed by atoms with E-state index in [9.17, 15) is 0 Å². The smallest absolute Gasteiger partial charge is 0.0752 e. The zero-order valence-corrected chi connectivity index (χ0v) is 20.6. The van der Waals surface area contributed by atoms with E-state index in [0.717, 1.165) is 29.6 Å². The van der Waals surface area contributed by atoms with Crippen molar-refractivity contribution in [2.45, 2.75) is 78.4 Å². The Bertz CT molecular complexity index is 1010. The van der Waals surface area contributed by atoms with Crippen LogP contribution in [0, 0.1) is 11.8 Å². The second-order valence-electron chi connectivity index (χ2n) is 10.7. The molecule has 2 unspecified atom stereocenters. The Kier molecular flexibility index (Phi) is 6.57. The zero-order chi connectivity index (χ0) is 22.9. The van der Waals surface area contributed by atoms with Crippen LogP contribution < -0.4 is 10.6 Å². The summed E-state index contributed by atoms with van der Waals surface area (Å²) in [6, 6.07) is 13.5. The van der Waals surface area contributed by atoms with Crippen molar-refractivity contribution in [2.24, 2.45) is 11.8 Å². The Balaban J connectivity index is 1.75. The molecule has 0 spiro atoms. The Labute approximate surface area is 194 Å². The largest absolute Gasteiger partial charge is 0.382 e. The molecule has 2 aliphatic rings. The summed E-state index contributed by atoms with van der Waals surface area (Å²) in [5.74, 6) is 1.62. The van der Waals surface area contributed by atoms with Crippen molar-refractivity contribution in [3.05, 3.63) is 71.5 Å². The molecule has 4 rings (SSSR count). The number of aromatic nitrogens is 1. The van der Waals surface area contributed by atoms with Gasteiger partial charge in [-0.05, 0) is 89.0 Å². The summed E-state index contributed by atoms with van der Waals surface area (Å²) in [6.07, 6.45) is 10.7. The highest BCUT2D eigenvalue weighted by atomic mass is 15.0. The predicted molar refractivity (Wildman–Crippen MR) is 137 cm³/mol. The number of benzene rings is 1. The van der Waals surface area contributed by atoms with Gasteiger partial charge in [0.1, 0.15) is 0 Å². The van der Waals surface area contributed by atoms with Gasteiger partial charge in [0, 0.05) is 22.8 Å². The summed E-state index contributed by atoms with van der Waals surface area (Å²) >= 11 is 0. The lowest BCUT2D eigenvalue weighted by atomic mass is 9.96. The number of rotatable bonds is 7. The van der Waals surface area contributed by atoms with Crippen LogP contribution in [0.1, 0.15) is 71.7 Å². The molecule has 0 amide bonds. The van der Waals surface area contributed by atoms with E-state index in [1.54, 1.807) is 0 Å². The topological polar surface area (TPSA) is 37.0 Å². The van der Waals surface area contributed by atoms with E-state index in [1.165, 1.54) is 35.2 Å². The fourth-order valence-corrected chi connectivity index (χ4v) is 4.67. The van der Waals surface area contributed by atoms with E-state index in [1.807, 2.05) is 0 Å². The predicted octanol–water partition coefficient (Wildman–Crippen LogP) is 7.08. The first-order valence-corrected chi connectivity index (χ1v) is 12.3. The van der Waals surface area contributed by atoms with E-state index in [0.29, 0.717) is 6.04 Å². The lowest BCUT2D eigenvalue weighted by Gasteiger charge is -2.30. The minimum atomic E-state index is -0.0151. The van der Waals surface area contributed by atoms with Crippen LogP contribution in [0.5, 0.6) is 0 Å². The zero-order valence-electron chi connectivity index (χ0n) is 20.6. The van der Waals surface area contributed by atoms with Crippen LogP contribution in [0.4, 0.5) is 5.69 Å². The van der Waals surface area contributed by atoms with Crippen LogP contribution in [0.3, 0.4) is 0 Å². The molecule has 1 aromatic carbocycles. The van der Waals surface area contributed by atoms with Gasteiger partial charge in [0.05, 0.1) is 17.4 Å². The molecule has 3 nitrogen and oxygen atoms in total. The first-order chi connectivity index (χ1) is 15.2. The fourth-order valence-electron chi connectivity index (χ4n) is 4.67. The van der Waals surface area contributed by atoms with E-state index >= 15 is 0 Å². The molecule has 2 aromatic rings. The summed E-state index contributed by atoms with van der Waals surface area (Å²) < 4.78 is 0. The van der Waals surface area contributed by atoms with Gasteiger partial charge >= 0.3 is 0 Å². The fraction of sp³-hybridized carbons (Fsp3) is 0.483. The summed E-state index contributed by atoms with van der Waals surface area (Å²) in [7, 11) is 0. The number of nitrogens with one attached hydrogen (secondary N) is 2. The van der Waals surface area contributed by atoms with E-state index in [2.05, 4.69) is 107 Å². The van der Waals surface area contributed by atoms with Crippen LogP contribution >= 0.6 is 0 Å². The van der Waals surface area contributed by atoms with Crippen LogP contribution in [-0.2, 0) is 6.42 Å². The number of aryl methyl sites for hydroxylation is 1. The molecule has 170 valence electrons. The number of pyridine rings is 1. The minimum absolute atomic E-state index is 0.0151. The van der Waals surface area contributed by atoms with Crippen molar-refractivity contribution in [3.8, 4) is 11.3 Å². The highest BCUT2D eigenvalue weighted by Gasteiger charge is 2.35. The lowest BCUT2D eigenvalue weighted by Crippen LogP contribution is -2.39. The Hall–Kier alpha value is -2.39. The number of hydrogen-bond acceptors (Lipinski definition) is 3. The summed E-state index contributed by atoms with van der Waals surface area (Å²) in [4.78, 5) is 5.23. The Morgan fingerprint density at radius 3 is 2.59 bits per heavy atom. The molecule has 3 atom stereocenters. The standard InChI is InChI=1S/C29H39N3/c1-7-20-10-8-11-24(27(20)30-19(2)3)25-12-9-13-26(31-25)28(32-29(4,5)6)21-14-16-22-18-23(22)17-15-21/h8-16,19,22-23,28,30,32H,7,17-18H2,1-6H3/t22?,23-,28?/m1/s1. The normalized spacial score (nSPS) is 21.0. The molecule has 1 saturated carbocycles.